The van der Waals surface area contributed by atoms with Crippen LogP contribution in [0.2, 0.25) is 0 Å². The molecule has 11 nitrogen and oxygen atoms in total. The third-order valence-corrected chi connectivity index (χ3v) is 1.96. The van der Waals surface area contributed by atoms with Crippen LogP contribution in [0.25, 0.3) is 0 Å². The van der Waals surface area contributed by atoms with Crippen LogP contribution in [0.5, 0.6) is 0 Å². The Labute approximate surface area is 207 Å². The molecular formula is C4H4Na4O11P2. The van der Waals surface area contributed by atoms with Gasteiger partial charge in [0.1, 0.15) is 15.6 Å². The van der Waals surface area contributed by atoms with E-state index in [1.165, 1.54) is 0 Å². The van der Waals surface area contributed by atoms with Crippen LogP contribution in [0.4, 0.5) is 0 Å². The summed E-state index contributed by atoms with van der Waals surface area (Å²) in [7, 11) is -11.7. The second kappa shape index (κ2) is 13.4. The molecule has 21 heavy (non-hydrogen) atoms. The number of rotatable bonds is 4. The summed E-state index contributed by atoms with van der Waals surface area (Å²) >= 11 is 0. The van der Waals surface area contributed by atoms with Crippen molar-refractivity contribution in [2.75, 3.05) is 0 Å². The van der Waals surface area contributed by atoms with Crippen LogP contribution in [-0.2, 0) is 27.8 Å². The monoisotopic (exact) mass is 382 g/mol. The molecule has 0 radical (unpaired) electrons. The number of phosphoric ester groups is 2. The van der Waals surface area contributed by atoms with E-state index in [4.69, 9.17) is 5.11 Å². The normalized spacial score (nSPS) is 10.6. The fourth-order valence-electron chi connectivity index (χ4n) is 0.464. The number of carbonyl (C=O) groups is 2. The van der Waals surface area contributed by atoms with E-state index < -0.39 is 33.2 Å². The van der Waals surface area contributed by atoms with Crippen LogP contribution in [-0.4, -0.2) is 22.6 Å². The molecule has 0 unspecified atom stereocenters. The van der Waals surface area contributed by atoms with Gasteiger partial charge < -0.3 is 42.9 Å². The Morgan fingerprint density at radius 2 is 1.05 bits per heavy atom. The van der Waals surface area contributed by atoms with Gasteiger partial charge in [0.25, 0.3) is 5.60 Å². The van der Waals surface area contributed by atoms with Gasteiger partial charge >= 0.3 is 130 Å². The molecule has 0 aromatic rings. The summed E-state index contributed by atoms with van der Waals surface area (Å²) in [4.78, 5) is 61.5. The summed E-state index contributed by atoms with van der Waals surface area (Å²) in [5.74, 6) is -4.60. The second-order valence-corrected chi connectivity index (χ2v) is 4.88. The van der Waals surface area contributed by atoms with Crippen molar-refractivity contribution in [3.8, 4) is 0 Å². The maximum Gasteiger partial charge on any atom is 1.00 e. The Morgan fingerprint density at radius 3 is 1.19 bits per heavy atom. The van der Waals surface area contributed by atoms with Gasteiger partial charge in [-0.1, -0.05) is 0 Å². The zero-order valence-corrected chi connectivity index (χ0v) is 21.7. The molecule has 0 rings (SSSR count). The SMILES string of the molecule is CC(O)(C(=O)OP(=O)([O-])[O-])C(=O)OP(=O)([O-])[O-].[Na+].[Na+].[Na+].[Na+]. The van der Waals surface area contributed by atoms with E-state index >= 15 is 0 Å². The molecule has 0 aromatic carbocycles. The zero-order valence-electron chi connectivity index (χ0n) is 11.9. The van der Waals surface area contributed by atoms with Crippen molar-refractivity contribution in [2.45, 2.75) is 12.5 Å². The molecule has 0 aliphatic rings. The smallest absolute Gasteiger partial charge is 0.780 e. The maximum absolute atomic E-state index is 10.8. The van der Waals surface area contributed by atoms with Crippen LogP contribution < -0.4 is 138 Å². The minimum Gasteiger partial charge on any atom is -0.780 e. The van der Waals surface area contributed by atoms with Gasteiger partial charge in [-0.2, -0.15) is 0 Å². The average Bonchev–Trinajstić information content (AvgIpc) is 1.96. The van der Waals surface area contributed by atoms with Crippen molar-refractivity contribution in [3.63, 3.8) is 0 Å². The van der Waals surface area contributed by atoms with Crippen LogP contribution >= 0.6 is 15.6 Å². The van der Waals surface area contributed by atoms with Gasteiger partial charge in [0.15, 0.2) is 0 Å². The third kappa shape index (κ3) is 16.4. The molecule has 0 saturated heterocycles. The van der Waals surface area contributed by atoms with E-state index in [1.807, 2.05) is 0 Å². The average molecular weight is 382 g/mol. The van der Waals surface area contributed by atoms with Crippen molar-refractivity contribution in [2.24, 2.45) is 0 Å². The topological polar surface area (TPSA) is 199 Å². The van der Waals surface area contributed by atoms with E-state index in [0.29, 0.717) is 0 Å². The molecule has 0 spiro atoms. The number of aliphatic hydroxyl groups is 1. The molecule has 0 aliphatic carbocycles. The first kappa shape index (κ1) is 35.3. The zero-order chi connectivity index (χ0) is 14.1. The third-order valence-electron chi connectivity index (χ3n) is 1.18. The Bertz CT molecular complexity index is 388. The minimum atomic E-state index is -5.85. The number of hydrogen-bond acceptors (Lipinski definition) is 11. The van der Waals surface area contributed by atoms with Gasteiger partial charge in [-0.05, 0) is 6.92 Å². The van der Waals surface area contributed by atoms with Gasteiger partial charge in [-0.3, -0.25) is 0 Å². The Kier molecular flexibility index (Phi) is 22.6. The second-order valence-electron chi connectivity index (χ2n) is 2.72. The van der Waals surface area contributed by atoms with Gasteiger partial charge in [0.2, 0.25) is 0 Å². The summed E-state index contributed by atoms with van der Waals surface area (Å²) in [5.41, 5.74) is -3.44. The van der Waals surface area contributed by atoms with Gasteiger partial charge in [-0.25, -0.2) is 9.59 Å². The molecule has 100 valence electrons. The molecule has 0 atom stereocenters. The first-order chi connectivity index (χ1) is 7.26. The Morgan fingerprint density at radius 1 is 0.857 bits per heavy atom. The fraction of sp³-hybridized carbons (Fsp3) is 0.500. The quantitative estimate of drug-likeness (QED) is 0.275. The maximum atomic E-state index is 10.8. The van der Waals surface area contributed by atoms with Gasteiger partial charge in [0, 0.05) is 0 Å². The van der Waals surface area contributed by atoms with E-state index in [2.05, 4.69) is 9.05 Å². The number of phosphoric acid groups is 2. The van der Waals surface area contributed by atoms with Gasteiger partial charge in [0.05, 0.1) is 0 Å². The molecule has 1 N–H and O–H groups in total. The van der Waals surface area contributed by atoms with E-state index in [1.54, 1.807) is 0 Å². The largest absolute Gasteiger partial charge is 1.00 e. The summed E-state index contributed by atoms with van der Waals surface area (Å²) in [6.45, 7) is 0.267. The molecule has 0 saturated carbocycles. The van der Waals surface area contributed by atoms with E-state index in [-0.39, 0.29) is 125 Å². The summed E-state index contributed by atoms with van der Waals surface area (Å²) in [6, 6.07) is 0. The molecule has 0 aliphatic heterocycles. The van der Waals surface area contributed by atoms with Crippen LogP contribution in [0.1, 0.15) is 6.92 Å². The first-order valence-electron chi connectivity index (χ1n) is 3.50. The molecular weight excluding hydrogens is 378 g/mol. The van der Waals surface area contributed by atoms with Gasteiger partial charge in [-0.15, -0.1) is 0 Å². The predicted octanol–water partition coefficient (Wildman–Crippen LogP) is -16.5. The molecule has 17 heteroatoms. The van der Waals surface area contributed by atoms with Crippen molar-refractivity contribution >= 4 is 27.6 Å². The standard InChI is InChI=1S/C4H8O11P2.4Na/c1-4(7,2(5)14-16(8,9)10)3(6)15-17(11,12)13;;;;/h7H,1H3,(H2,8,9,10)(H2,11,12,13);;;;/q;4*+1/p-4. The Hall–Kier alpha value is 3.20. The molecule has 0 aromatic heterocycles. The first-order valence-corrected chi connectivity index (χ1v) is 6.42. The minimum absolute atomic E-state index is 0. The van der Waals surface area contributed by atoms with Crippen molar-refractivity contribution < 1.29 is 171 Å². The molecule has 0 heterocycles. The van der Waals surface area contributed by atoms with Crippen molar-refractivity contribution in [1.82, 2.24) is 0 Å². The molecule has 0 bridgehead atoms. The molecule has 0 fully saturated rings. The fourth-order valence-corrected chi connectivity index (χ4v) is 1.23. The summed E-state index contributed by atoms with van der Waals surface area (Å²) in [6.07, 6.45) is 0. The van der Waals surface area contributed by atoms with E-state index in [9.17, 15) is 38.3 Å². The van der Waals surface area contributed by atoms with E-state index in [0.717, 1.165) is 0 Å². The summed E-state index contributed by atoms with van der Waals surface area (Å²) < 4.78 is 26.2. The predicted molar refractivity (Wildman–Crippen MR) is 38.0 cm³/mol. The Balaban J connectivity index is -0.000000213. The summed E-state index contributed by atoms with van der Waals surface area (Å²) in [5, 5.41) is 9.03. The van der Waals surface area contributed by atoms with Crippen molar-refractivity contribution in [1.29, 1.82) is 0 Å². The van der Waals surface area contributed by atoms with Crippen LogP contribution in [0.3, 0.4) is 0 Å². The van der Waals surface area contributed by atoms with Crippen LogP contribution in [0.15, 0.2) is 0 Å². The number of carbonyl (C=O) groups excluding carboxylic acids is 2. The van der Waals surface area contributed by atoms with Crippen LogP contribution in [0, 0.1) is 0 Å². The number of hydrogen-bond donors (Lipinski definition) is 1. The molecule has 0 amide bonds. The van der Waals surface area contributed by atoms with Crippen molar-refractivity contribution in [3.05, 3.63) is 0 Å².